The third-order valence-electron chi connectivity index (χ3n) is 6.92. The number of aryl methyl sites for hydroxylation is 2. The molecule has 0 atom stereocenters. The molecule has 0 amide bonds. The van der Waals surface area contributed by atoms with Gasteiger partial charge in [-0.15, -0.1) is 4.99 Å². The SMILES string of the molecule is COc1cc2c(cc1-c1c(C)noc1C)ncc1[nH]/c(=N\C#N)n(Cc3ccc(C(O)(C(F)(F)F)C(F)(F)F)cc3)c12. The van der Waals surface area contributed by atoms with Crippen molar-refractivity contribution >= 4 is 21.9 Å². The fourth-order valence-corrected chi connectivity index (χ4v) is 4.92. The lowest BCUT2D eigenvalue weighted by Gasteiger charge is -2.32. The molecule has 9 nitrogen and oxygen atoms in total. The summed E-state index contributed by atoms with van der Waals surface area (Å²) >= 11 is 0. The van der Waals surface area contributed by atoms with E-state index in [-0.39, 0.29) is 17.7 Å². The highest BCUT2D eigenvalue weighted by Gasteiger charge is 2.71. The molecule has 5 aromatic rings. The van der Waals surface area contributed by atoms with Crippen molar-refractivity contribution < 1.29 is 40.7 Å². The van der Waals surface area contributed by atoms with Crippen LogP contribution in [0, 0.1) is 25.3 Å². The van der Waals surface area contributed by atoms with Crippen LogP contribution in [0.2, 0.25) is 0 Å². The zero-order valence-corrected chi connectivity index (χ0v) is 22.0. The number of imidazole rings is 1. The van der Waals surface area contributed by atoms with Gasteiger partial charge in [0.15, 0.2) is 0 Å². The van der Waals surface area contributed by atoms with E-state index in [0.717, 1.165) is 17.7 Å². The van der Waals surface area contributed by atoms with Crippen LogP contribution in [0.15, 0.2) is 52.1 Å². The van der Waals surface area contributed by atoms with Crippen LogP contribution in [0.1, 0.15) is 22.6 Å². The predicted molar refractivity (Wildman–Crippen MR) is 136 cm³/mol. The molecular formula is C27H20F6N6O3. The number of alkyl halides is 6. The lowest BCUT2D eigenvalue weighted by molar-refractivity contribution is -0.376. The molecule has 2 aromatic carbocycles. The minimum Gasteiger partial charge on any atom is -0.496 e. The average Bonchev–Trinajstić information content (AvgIpc) is 3.45. The van der Waals surface area contributed by atoms with Gasteiger partial charge in [0.25, 0.3) is 5.60 Å². The van der Waals surface area contributed by atoms with E-state index in [2.05, 4.69) is 20.1 Å². The van der Waals surface area contributed by atoms with Crippen LogP contribution in [0.3, 0.4) is 0 Å². The quantitative estimate of drug-likeness (QED) is 0.205. The van der Waals surface area contributed by atoms with E-state index in [1.54, 1.807) is 32.2 Å². The van der Waals surface area contributed by atoms with Gasteiger partial charge in [0, 0.05) is 16.5 Å². The Morgan fingerprint density at radius 2 is 1.76 bits per heavy atom. The van der Waals surface area contributed by atoms with Crippen molar-refractivity contribution in [2.75, 3.05) is 7.11 Å². The summed E-state index contributed by atoms with van der Waals surface area (Å²) < 4.78 is 92.5. The summed E-state index contributed by atoms with van der Waals surface area (Å²) in [6.45, 7) is 3.41. The summed E-state index contributed by atoms with van der Waals surface area (Å²) in [6.07, 6.45) is -8.84. The van der Waals surface area contributed by atoms with Crippen LogP contribution in [0.25, 0.3) is 33.1 Å². The number of aromatic amines is 1. The summed E-state index contributed by atoms with van der Waals surface area (Å²) in [5.41, 5.74) is -2.67. The molecule has 0 saturated heterocycles. The molecule has 0 bridgehead atoms. The first kappa shape index (κ1) is 28.7. The third kappa shape index (κ3) is 4.44. The number of ether oxygens (including phenoxy) is 1. The summed E-state index contributed by atoms with van der Waals surface area (Å²) in [7, 11) is 1.47. The second-order valence-electron chi connectivity index (χ2n) is 9.44. The maximum absolute atomic E-state index is 13.3. The van der Waals surface area contributed by atoms with Crippen molar-refractivity contribution in [2.45, 2.75) is 38.3 Å². The Morgan fingerprint density at radius 1 is 1.10 bits per heavy atom. The Balaban J connectivity index is 1.68. The van der Waals surface area contributed by atoms with Gasteiger partial charge in [0.1, 0.15) is 11.5 Å². The molecular weight excluding hydrogens is 570 g/mol. The number of pyridine rings is 1. The number of methoxy groups -OCH3 is 1. The van der Waals surface area contributed by atoms with Gasteiger partial charge in [-0.3, -0.25) is 4.98 Å². The number of fused-ring (bicyclic) bond motifs is 3. The number of hydrogen-bond acceptors (Lipinski definition) is 7. The molecule has 0 aliphatic carbocycles. The van der Waals surface area contributed by atoms with Crippen LogP contribution in [0.5, 0.6) is 5.75 Å². The van der Waals surface area contributed by atoms with Gasteiger partial charge in [-0.05, 0) is 31.5 Å². The molecule has 42 heavy (non-hydrogen) atoms. The number of H-pyrrole nitrogens is 1. The van der Waals surface area contributed by atoms with E-state index < -0.39 is 23.5 Å². The Labute approximate surface area is 232 Å². The number of aliphatic hydroxyl groups is 1. The van der Waals surface area contributed by atoms with Crippen LogP contribution in [0.4, 0.5) is 26.3 Å². The van der Waals surface area contributed by atoms with Gasteiger partial charge in [-0.2, -0.15) is 31.6 Å². The van der Waals surface area contributed by atoms with Gasteiger partial charge in [0.2, 0.25) is 11.8 Å². The van der Waals surface area contributed by atoms with Crippen LogP contribution in [-0.4, -0.2) is 44.3 Å². The van der Waals surface area contributed by atoms with Gasteiger partial charge in [0.05, 0.1) is 47.7 Å². The maximum atomic E-state index is 13.3. The molecule has 3 aromatic heterocycles. The normalized spacial score (nSPS) is 13.2. The number of aromatic nitrogens is 4. The van der Waals surface area contributed by atoms with Crippen LogP contribution >= 0.6 is 0 Å². The summed E-state index contributed by atoms with van der Waals surface area (Å²) in [6, 6.07) is 6.65. The molecule has 0 aliphatic rings. The van der Waals surface area contributed by atoms with Gasteiger partial charge < -0.3 is 23.9 Å². The smallest absolute Gasteiger partial charge is 0.430 e. The highest BCUT2D eigenvalue weighted by Crippen LogP contribution is 2.50. The highest BCUT2D eigenvalue weighted by atomic mass is 19.4. The second kappa shape index (κ2) is 9.91. The van der Waals surface area contributed by atoms with Crippen molar-refractivity contribution in [3.8, 4) is 23.1 Å². The number of nitrogens with one attached hydrogen (secondary N) is 1. The van der Waals surface area contributed by atoms with Gasteiger partial charge in [-0.1, -0.05) is 29.4 Å². The Bertz CT molecular complexity index is 1890. The van der Waals surface area contributed by atoms with Crippen molar-refractivity contribution in [1.29, 1.82) is 5.26 Å². The molecule has 5 rings (SSSR count). The summed E-state index contributed by atoms with van der Waals surface area (Å²) in [5.74, 6) is 1.00. The average molecular weight is 590 g/mol. The number of hydrogen-bond donors (Lipinski definition) is 2. The summed E-state index contributed by atoms with van der Waals surface area (Å²) in [5, 5.41) is 23.5. The molecule has 0 saturated carbocycles. The number of nitrogens with zero attached hydrogens (tertiary/aromatic N) is 5. The largest absolute Gasteiger partial charge is 0.496 e. The van der Waals surface area contributed by atoms with Crippen LogP contribution < -0.4 is 10.4 Å². The number of nitriles is 1. The molecule has 0 fully saturated rings. The third-order valence-corrected chi connectivity index (χ3v) is 6.92. The number of benzene rings is 2. The lowest BCUT2D eigenvalue weighted by Crippen LogP contribution is -2.53. The Morgan fingerprint density at radius 3 is 2.31 bits per heavy atom. The van der Waals surface area contributed by atoms with E-state index in [0.29, 0.717) is 56.8 Å². The standard InChI is InChI=1S/C27H20F6N6O3/c1-13-22(14(2)42-38-13)18-8-19-17(9-21(18)41-3)23-20(10-35-19)37-24(36-12-34)39(23)11-15-4-6-16(7-5-15)25(40,26(28,29)30)27(31,32)33/h4-10,40H,11H2,1-3H3,(H,36,37). The number of halogens is 6. The van der Waals surface area contributed by atoms with Gasteiger partial charge in [-0.25, -0.2) is 0 Å². The fraction of sp³-hybridized carbons (Fsp3) is 0.259. The van der Waals surface area contributed by atoms with Crippen molar-refractivity contribution in [3.05, 3.63) is 70.8 Å². The maximum Gasteiger partial charge on any atom is 0.430 e. The highest BCUT2D eigenvalue weighted by molar-refractivity contribution is 6.04. The van der Waals surface area contributed by atoms with Crippen molar-refractivity contribution in [3.63, 3.8) is 0 Å². The van der Waals surface area contributed by atoms with Crippen LogP contribution in [-0.2, 0) is 12.1 Å². The molecule has 15 heteroatoms. The van der Waals surface area contributed by atoms with Crippen molar-refractivity contribution in [2.24, 2.45) is 4.99 Å². The lowest BCUT2D eigenvalue weighted by atomic mass is 9.91. The monoisotopic (exact) mass is 590 g/mol. The molecule has 2 N–H and O–H groups in total. The predicted octanol–water partition coefficient (Wildman–Crippen LogP) is 5.54. The minimum atomic E-state index is -6.01. The zero-order valence-electron chi connectivity index (χ0n) is 22.0. The Hall–Kier alpha value is -4.84. The van der Waals surface area contributed by atoms with Crippen molar-refractivity contribution in [1.82, 2.24) is 19.7 Å². The first-order valence-corrected chi connectivity index (χ1v) is 12.1. The Kier molecular flexibility index (Phi) is 6.77. The van der Waals surface area contributed by atoms with E-state index >= 15 is 0 Å². The summed E-state index contributed by atoms with van der Waals surface area (Å²) in [4.78, 5) is 11.3. The minimum absolute atomic E-state index is 0.0572. The zero-order chi connectivity index (χ0) is 30.6. The fourth-order valence-electron chi connectivity index (χ4n) is 4.92. The molecule has 0 radical (unpaired) electrons. The molecule has 0 spiro atoms. The topological polar surface area (TPSA) is 125 Å². The molecule has 218 valence electrons. The van der Waals surface area contributed by atoms with E-state index in [1.807, 2.05) is 0 Å². The van der Waals surface area contributed by atoms with E-state index in [4.69, 9.17) is 9.26 Å². The molecule has 0 aliphatic heterocycles. The van der Waals surface area contributed by atoms with E-state index in [1.165, 1.54) is 17.9 Å². The van der Waals surface area contributed by atoms with Gasteiger partial charge >= 0.3 is 12.4 Å². The molecule has 0 unspecified atom stereocenters. The first-order chi connectivity index (χ1) is 19.7. The second-order valence-corrected chi connectivity index (χ2v) is 9.44. The first-order valence-electron chi connectivity index (χ1n) is 12.1. The molecule has 3 heterocycles. The van der Waals surface area contributed by atoms with E-state index in [9.17, 15) is 36.7 Å². The number of rotatable bonds is 5.